The van der Waals surface area contributed by atoms with Crippen LogP contribution in [0.3, 0.4) is 0 Å². The van der Waals surface area contributed by atoms with Crippen LogP contribution in [0.4, 0.5) is 23.2 Å². The summed E-state index contributed by atoms with van der Waals surface area (Å²) in [6, 6.07) is 4.43. The van der Waals surface area contributed by atoms with Gasteiger partial charge >= 0.3 is 6.18 Å². The van der Waals surface area contributed by atoms with Gasteiger partial charge in [-0.2, -0.15) is 27.8 Å². The molecular weight excluding hydrogens is 366 g/mol. The van der Waals surface area contributed by atoms with Crippen LogP contribution in [0.25, 0.3) is 11.3 Å². The van der Waals surface area contributed by atoms with Crippen LogP contribution in [0.1, 0.15) is 22.8 Å². The van der Waals surface area contributed by atoms with Crippen LogP contribution in [-0.2, 0) is 19.8 Å². The Bertz CT molecular complexity index is 990. The minimum atomic E-state index is -4.68. The van der Waals surface area contributed by atoms with Gasteiger partial charge in [-0.15, -0.1) is 0 Å². The molecule has 0 fully saturated rings. The van der Waals surface area contributed by atoms with Gasteiger partial charge in [0.05, 0.1) is 28.6 Å². The predicted octanol–water partition coefficient (Wildman–Crippen LogP) is 3.71. The van der Waals surface area contributed by atoms with E-state index in [0.29, 0.717) is 6.54 Å². The third kappa shape index (κ3) is 3.55. The number of rotatable bonds is 4. The third-order valence-electron chi connectivity index (χ3n) is 3.88. The molecule has 0 saturated heterocycles. The number of hydrogen-bond donors (Lipinski definition) is 1. The predicted molar refractivity (Wildman–Crippen MR) is 89.5 cm³/mol. The highest BCUT2D eigenvalue weighted by molar-refractivity contribution is 6.07. The Morgan fingerprint density at radius 2 is 1.96 bits per heavy atom. The highest BCUT2D eigenvalue weighted by Crippen LogP contribution is 2.33. The van der Waals surface area contributed by atoms with Crippen LogP contribution in [-0.4, -0.2) is 25.5 Å². The van der Waals surface area contributed by atoms with Crippen molar-refractivity contribution in [3.8, 4) is 11.3 Å². The van der Waals surface area contributed by atoms with Crippen molar-refractivity contribution in [2.24, 2.45) is 7.05 Å². The first kappa shape index (κ1) is 18.6. The van der Waals surface area contributed by atoms with Crippen LogP contribution >= 0.6 is 0 Å². The Hall–Kier alpha value is -3.17. The number of nitrogens with zero attached hydrogens (tertiary/aromatic N) is 4. The fourth-order valence-electron chi connectivity index (χ4n) is 2.65. The number of halogens is 4. The SMILES string of the molecule is CCn1ncc(-c2nn(C)cc2NC(=O)c2ccccc2C(F)(F)F)c1F. The number of amides is 1. The fourth-order valence-corrected chi connectivity index (χ4v) is 2.65. The maximum atomic E-state index is 14.4. The molecule has 10 heteroatoms. The van der Waals surface area contributed by atoms with Crippen molar-refractivity contribution >= 4 is 11.6 Å². The van der Waals surface area contributed by atoms with Gasteiger partial charge in [0.25, 0.3) is 5.91 Å². The molecule has 3 aromatic rings. The first-order valence-electron chi connectivity index (χ1n) is 7.95. The molecule has 0 aliphatic heterocycles. The zero-order valence-electron chi connectivity index (χ0n) is 14.4. The molecule has 1 aromatic carbocycles. The number of aryl methyl sites for hydroxylation is 2. The second-order valence-corrected chi connectivity index (χ2v) is 5.73. The van der Waals surface area contributed by atoms with E-state index >= 15 is 0 Å². The molecule has 0 saturated carbocycles. The number of alkyl halides is 3. The van der Waals surface area contributed by atoms with Gasteiger partial charge < -0.3 is 5.32 Å². The summed E-state index contributed by atoms with van der Waals surface area (Å²) < 4.78 is 56.2. The van der Waals surface area contributed by atoms with Crippen LogP contribution in [0, 0.1) is 5.95 Å². The van der Waals surface area contributed by atoms with Crippen molar-refractivity contribution in [3.05, 3.63) is 53.7 Å². The quantitative estimate of drug-likeness (QED) is 0.701. The molecule has 0 atom stereocenters. The summed E-state index contributed by atoms with van der Waals surface area (Å²) in [7, 11) is 1.55. The molecule has 1 amide bonds. The second kappa shape index (κ2) is 6.86. The van der Waals surface area contributed by atoms with Crippen molar-refractivity contribution in [1.29, 1.82) is 0 Å². The monoisotopic (exact) mass is 381 g/mol. The Kier molecular flexibility index (Phi) is 4.73. The minimum absolute atomic E-state index is 0.0388. The summed E-state index contributed by atoms with van der Waals surface area (Å²) in [5.74, 6) is -1.62. The van der Waals surface area contributed by atoms with Crippen molar-refractivity contribution in [2.45, 2.75) is 19.6 Å². The summed E-state index contributed by atoms with van der Waals surface area (Å²) in [4.78, 5) is 12.5. The van der Waals surface area contributed by atoms with E-state index in [4.69, 9.17) is 0 Å². The number of carbonyl (C=O) groups excluding carboxylic acids is 1. The van der Waals surface area contributed by atoms with Gasteiger partial charge in [0.15, 0.2) is 0 Å². The first-order chi connectivity index (χ1) is 12.7. The number of nitrogens with one attached hydrogen (secondary N) is 1. The summed E-state index contributed by atoms with van der Waals surface area (Å²) in [5, 5.41) is 10.4. The van der Waals surface area contributed by atoms with Crippen molar-refractivity contribution in [1.82, 2.24) is 19.6 Å². The molecule has 0 spiro atoms. The molecule has 2 aromatic heterocycles. The average molecular weight is 381 g/mol. The van der Waals surface area contributed by atoms with Gasteiger partial charge in [-0.1, -0.05) is 12.1 Å². The Morgan fingerprint density at radius 3 is 2.59 bits per heavy atom. The highest BCUT2D eigenvalue weighted by atomic mass is 19.4. The highest BCUT2D eigenvalue weighted by Gasteiger charge is 2.35. The lowest BCUT2D eigenvalue weighted by Crippen LogP contribution is -2.18. The van der Waals surface area contributed by atoms with E-state index in [1.807, 2.05) is 0 Å². The molecule has 6 nitrogen and oxygen atoms in total. The molecule has 142 valence electrons. The number of hydrogen-bond acceptors (Lipinski definition) is 3. The molecule has 0 unspecified atom stereocenters. The zero-order chi connectivity index (χ0) is 19.8. The van der Waals surface area contributed by atoms with Crippen LogP contribution < -0.4 is 5.32 Å². The summed E-state index contributed by atoms with van der Waals surface area (Å²) in [6.07, 6.45) is -2.05. The van der Waals surface area contributed by atoms with Crippen LogP contribution in [0.5, 0.6) is 0 Å². The van der Waals surface area contributed by atoms with Gasteiger partial charge in [0.1, 0.15) is 5.69 Å². The third-order valence-corrected chi connectivity index (χ3v) is 3.88. The molecule has 0 bridgehead atoms. The zero-order valence-corrected chi connectivity index (χ0v) is 14.4. The Labute approximate surface area is 151 Å². The molecule has 0 radical (unpaired) electrons. The molecule has 27 heavy (non-hydrogen) atoms. The van der Waals surface area contributed by atoms with E-state index in [-0.39, 0.29) is 16.9 Å². The average Bonchev–Trinajstić information content (AvgIpc) is 3.15. The molecular formula is C17H15F4N5O. The van der Waals surface area contributed by atoms with Gasteiger partial charge in [-0.3, -0.25) is 9.48 Å². The number of benzene rings is 1. The topological polar surface area (TPSA) is 64.7 Å². The molecule has 0 aliphatic carbocycles. The second-order valence-electron chi connectivity index (χ2n) is 5.73. The minimum Gasteiger partial charge on any atom is -0.319 e. The number of aromatic nitrogens is 4. The maximum Gasteiger partial charge on any atom is 0.417 e. The van der Waals surface area contributed by atoms with E-state index in [1.54, 1.807) is 14.0 Å². The Balaban J connectivity index is 1.98. The fraction of sp³-hybridized carbons (Fsp3) is 0.235. The summed E-state index contributed by atoms with van der Waals surface area (Å²) in [6.45, 7) is 1.99. The van der Waals surface area contributed by atoms with Crippen molar-refractivity contribution < 1.29 is 22.4 Å². The lowest BCUT2D eigenvalue weighted by Gasteiger charge is -2.12. The van der Waals surface area contributed by atoms with E-state index in [0.717, 1.165) is 16.8 Å². The van der Waals surface area contributed by atoms with Gasteiger partial charge in [-0.05, 0) is 19.1 Å². The first-order valence-corrected chi connectivity index (χ1v) is 7.95. The van der Waals surface area contributed by atoms with Crippen molar-refractivity contribution in [2.75, 3.05) is 5.32 Å². The van der Waals surface area contributed by atoms with Gasteiger partial charge in [0, 0.05) is 19.8 Å². The van der Waals surface area contributed by atoms with Crippen molar-refractivity contribution in [3.63, 3.8) is 0 Å². The number of anilines is 1. The van der Waals surface area contributed by atoms with Crippen LogP contribution in [0.2, 0.25) is 0 Å². The standard InChI is InChI=1S/C17H15F4N5O/c1-3-26-15(18)11(8-22-26)14-13(9-25(2)24-14)23-16(27)10-6-4-5-7-12(10)17(19,20)21/h4-9H,3H2,1-2H3,(H,23,27). The number of carbonyl (C=O) groups is 1. The van der Waals surface area contributed by atoms with Gasteiger partial charge in [0.2, 0.25) is 5.95 Å². The summed E-state index contributed by atoms with van der Waals surface area (Å²) in [5.41, 5.74) is -1.40. The largest absolute Gasteiger partial charge is 0.417 e. The molecule has 0 aliphatic rings. The van der Waals surface area contributed by atoms with E-state index < -0.39 is 29.2 Å². The molecule has 2 heterocycles. The maximum absolute atomic E-state index is 14.4. The van der Waals surface area contributed by atoms with E-state index in [9.17, 15) is 22.4 Å². The van der Waals surface area contributed by atoms with Gasteiger partial charge in [-0.25, -0.2) is 4.68 Å². The van der Waals surface area contributed by atoms with E-state index in [2.05, 4.69) is 15.5 Å². The molecule has 3 rings (SSSR count). The normalized spacial score (nSPS) is 11.6. The lowest BCUT2D eigenvalue weighted by molar-refractivity contribution is -0.137. The lowest BCUT2D eigenvalue weighted by atomic mass is 10.1. The Morgan fingerprint density at radius 1 is 1.26 bits per heavy atom. The summed E-state index contributed by atoms with van der Waals surface area (Å²) >= 11 is 0. The van der Waals surface area contributed by atoms with Crippen LogP contribution in [0.15, 0.2) is 36.7 Å². The molecule has 1 N–H and O–H groups in total. The van der Waals surface area contributed by atoms with E-state index in [1.165, 1.54) is 29.2 Å². The smallest absolute Gasteiger partial charge is 0.319 e.